The number of para-hydroxylation sites is 1. The van der Waals surface area contributed by atoms with E-state index in [1.165, 1.54) is 6.07 Å². The van der Waals surface area contributed by atoms with Crippen LogP contribution in [0.4, 0.5) is 10.1 Å². The summed E-state index contributed by atoms with van der Waals surface area (Å²) in [5, 5.41) is 12.6. The second kappa shape index (κ2) is 7.46. The minimum Gasteiger partial charge on any atom is -0.393 e. The maximum absolute atomic E-state index is 14.0. The zero-order chi connectivity index (χ0) is 14.4. The fraction of sp³-hybridized carbons (Fsp3) is 0.600. The van der Waals surface area contributed by atoms with Crippen molar-refractivity contribution < 1.29 is 9.50 Å². The first-order valence-corrected chi connectivity index (χ1v) is 6.81. The predicted octanol–water partition coefficient (Wildman–Crippen LogP) is 2.53. The summed E-state index contributed by atoms with van der Waals surface area (Å²) in [4.78, 5) is 1.87. The van der Waals surface area contributed by atoms with Gasteiger partial charge in [-0.05, 0) is 25.0 Å². The van der Waals surface area contributed by atoms with Crippen molar-refractivity contribution in [3.8, 4) is 0 Å². The molecule has 0 saturated carbocycles. The molecule has 1 unspecified atom stereocenters. The third-order valence-electron chi connectivity index (χ3n) is 3.04. The van der Waals surface area contributed by atoms with Gasteiger partial charge < -0.3 is 15.3 Å². The van der Waals surface area contributed by atoms with Crippen LogP contribution in [0.1, 0.15) is 32.8 Å². The Labute approximate surface area is 115 Å². The van der Waals surface area contributed by atoms with Crippen LogP contribution in [0.15, 0.2) is 18.2 Å². The summed E-state index contributed by atoms with van der Waals surface area (Å²) in [5.41, 5.74) is 1.57. The van der Waals surface area contributed by atoms with Crippen molar-refractivity contribution in [1.29, 1.82) is 0 Å². The summed E-state index contributed by atoms with van der Waals surface area (Å²) in [6.07, 6.45) is 0.258. The van der Waals surface area contributed by atoms with Gasteiger partial charge in [0.1, 0.15) is 5.82 Å². The van der Waals surface area contributed by atoms with Gasteiger partial charge in [0, 0.05) is 26.2 Å². The fourth-order valence-corrected chi connectivity index (χ4v) is 1.94. The summed E-state index contributed by atoms with van der Waals surface area (Å²) < 4.78 is 14.0. The smallest absolute Gasteiger partial charge is 0.146 e. The molecule has 0 radical (unpaired) electrons. The Morgan fingerprint density at radius 2 is 2.00 bits per heavy atom. The van der Waals surface area contributed by atoms with Gasteiger partial charge in [0.25, 0.3) is 0 Å². The highest BCUT2D eigenvalue weighted by atomic mass is 19.1. The van der Waals surface area contributed by atoms with Crippen LogP contribution in [0.5, 0.6) is 0 Å². The van der Waals surface area contributed by atoms with Crippen molar-refractivity contribution in [2.45, 2.75) is 45.9 Å². The first-order chi connectivity index (χ1) is 8.91. The van der Waals surface area contributed by atoms with Gasteiger partial charge >= 0.3 is 0 Å². The Hall–Kier alpha value is -1.13. The summed E-state index contributed by atoms with van der Waals surface area (Å²) in [6.45, 7) is 7.15. The van der Waals surface area contributed by atoms with Gasteiger partial charge in [0.05, 0.1) is 11.8 Å². The van der Waals surface area contributed by atoms with E-state index in [1.54, 1.807) is 13.0 Å². The van der Waals surface area contributed by atoms with Gasteiger partial charge in [-0.25, -0.2) is 4.39 Å². The van der Waals surface area contributed by atoms with E-state index in [9.17, 15) is 9.50 Å². The van der Waals surface area contributed by atoms with E-state index >= 15 is 0 Å². The summed E-state index contributed by atoms with van der Waals surface area (Å²) in [6, 6.07) is 5.51. The highest BCUT2D eigenvalue weighted by Crippen LogP contribution is 2.24. The molecule has 0 aliphatic carbocycles. The molecule has 0 aliphatic rings. The van der Waals surface area contributed by atoms with Crippen LogP contribution in [-0.2, 0) is 6.54 Å². The molecule has 0 aromatic heterocycles. The maximum atomic E-state index is 14.0. The molecular formula is C15H25FN2O. The van der Waals surface area contributed by atoms with Gasteiger partial charge in [0.2, 0.25) is 0 Å². The molecule has 0 heterocycles. The number of nitrogens with zero attached hydrogens (tertiary/aromatic N) is 1. The lowest BCUT2D eigenvalue weighted by Gasteiger charge is -2.24. The van der Waals surface area contributed by atoms with E-state index in [4.69, 9.17) is 0 Å². The van der Waals surface area contributed by atoms with Gasteiger partial charge in [-0.3, -0.25) is 0 Å². The van der Waals surface area contributed by atoms with Crippen molar-refractivity contribution in [2.24, 2.45) is 0 Å². The second-order valence-corrected chi connectivity index (χ2v) is 5.34. The number of hydrogen-bond donors (Lipinski definition) is 2. The Bertz CT molecular complexity index is 394. The molecular weight excluding hydrogens is 243 g/mol. The summed E-state index contributed by atoms with van der Waals surface area (Å²) >= 11 is 0. The van der Waals surface area contributed by atoms with Gasteiger partial charge in [-0.15, -0.1) is 0 Å². The minimum absolute atomic E-state index is 0.212. The molecule has 1 rings (SSSR count). The van der Waals surface area contributed by atoms with E-state index in [-0.39, 0.29) is 11.9 Å². The molecule has 1 atom stereocenters. The molecule has 0 fully saturated rings. The molecule has 108 valence electrons. The number of benzene rings is 1. The van der Waals surface area contributed by atoms with Gasteiger partial charge in [-0.2, -0.15) is 0 Å². The maximum Gasteiger partial charge on any atom is 0.146 e. The highest BCUT2D eigenvalue weighted by Gasteiger charge is 2.13. The van der Waals surface area contributed by atoms with E-state index in [2.05, 4.69) is 19.2 Å². The quantitative estimate of drug-likeness (QED) is 0.797. The van der Waals surface area contributed by atoms with Crippen LogP contribution in [0.3, 0.4) is 0 Å². The monoisotopic (exact) mass is 268 g/mol. The number of hydrogen-bond acceptors (Lipinski definition) is 3. The lowest BCUT2D eigenvalue weighted by atomic mass is 10.1. The van der Waals surface area contributed by atoms with Crippen LogP contribution >= 0.6 is 0 Å². The number of nitrogens with one attached hydrogen (secondary N) is 1. The molecule has 0 aliphatic heterocycles. The molecule has 1 aromatic rings. The van der Waals surface area contributed by atoms with Crippen LogP contribution in [0, 0.1) is 5.82 Å². The second-order valence-electron chi connectivity index (χ2n) is 5.34. The third kappa shape index (κ3) is 5.17. The molecule has 2 N–H and O–H groups in total. The number of rotatable bonds is 7. The van der Waals surface area contributed by atoms with E-state index in [0.29, 0.717) is 31.2 Å². The fourth-order valence-electron chi connectivity index (χ4n) is 1.94. The number of aliphatic hydroxyl groups excluding tert-OH is 1. The van der Waals surface area contributed by atoms with E-state index in [0.717, 1.165) is 5.56 Å². The first-order valence-electron chi connectivity index (χ1n) is 6.81. The van der Waals surface area contributed by atoms with E-state index in [1.807, 2.05) is 18.0 Å². The molecule has 3 nitrogen and oxygen atoms in total. The van der Waals surface area contributed by atoms with E-state index < -0.39 is 0 Å². The Morgan fingerprint density at radius 3 is 2.58 bits per heavy atom. The van der Waals surface area contributed by atoms with Crippen LogP contribution in [0.2, 0.25) is 0 Å². The van der Waals surface area contributed by atoms with Crippen molar-refractivity contribution in [2.75, 3.05) is 18.5 Å². The normalized spacial score (nSPS) is 12.8. The van der Waals surface area contributed by atoms with Crippen molar-refractivity contribution in [3.63, 3.8) is 0 Å². The molecule has 0 bridgehead atoms. The molecule has 0 spiro atoms. The van der Waals surface area contributed by atoms with Gasteiger partial charge in [0.15, 0.2) is 0 Å². The Morgan fingerprint density at radius 1 is 1.32 bits per heavy atom. The molecule has 0 amide bonds. The highest BCUT2D eigenvalue weighted by molar-refractivity contribution is 5.54. The number of halogens is 1. The standard InChI is InChI=1S/C15H25FN2O/c1-11(2)17-10-13-6-5-7-14(16)15(13)18(4)9-8-12(3)19/h5-7,11-12,17,19H,8-10H2,1-4H3. The molecule has 1 aromatic carbocycles. The average molecular weight is 268 g/mol. The van der Waals surface area contributed by atoms with Crippen LogP contribution in [0.25, 0.3) is 0 Å². The topological polar surface area (TPSA) is 35.5 Å². The Kier molecular flexibility index (Phi) is 6.25. The zero-order valence-electron chi connectivity index (χ0n) is 12.3. The summed E-state index contributed by atoms with van der Waals surface area (Å²) in [5.74, 6) is -0.212. The SMILES string of the molecule is CC(O)CCN(C)c1c(F)cccc1CNC(C)C. The predicted molar refractivity (Wildman–Crippen MR) is 77.9 cm³/mol. The molecule has 19 heavy (non-hydrogen) atoms. The molecule has 4 heteroatoms. The van der Waals surface area contributed by atoms with Gasteiger partial charge in [-0.1, -0.05) is 26.0 Å². The van der Waals surface area contributed by atoms with Crippen molar-refractivity contribution >= 4 is 5.69 Å². The zero-order valence-corrected chi connectivity index (χ0v) is 12.3. The number of aliphatic hydroxyl groups is 1. The molecule has 0 saturated heterocycles. The third-order valence-corrected chi connectivity index (χ3v) is 3.04. The lowest BCUT2D eigenvalue weighted by molar-refractivity contribution is 0.186. The van der Waals surface area contributed by atoms with Crippen LogP contribution in [-0.4, -0.2) is 30.8 Å². The lowest BCUT2D eigenvalue weighted by Crippen LogP contribution is -2.27. The van der Waals surface area contributed by atoms with Crippen molar-refractivity contribution in [3.05, 3.63) is 29.6 Å². The largest absolute Gasteiger partial charge is 0.393 e. The summed E-state index contributed by atoms with van der Waals surface area (Å²) in [7, 11) is 1.86. The minimum atomic E-state index is -0.369. The number of anilines is 1. The first kappa shape index (κ1) is 15.9. The van der Waals surface area contributed by atoms with Crippen molar-refractivity contribution in [1.82, 2.24) is 5.32 Å². The average Bonchev–Trinajstić information content (AvgIpc) is 2.33. The van der Waals surface area contributed by atoms with Crippen LogP contribution < -0.4 is 10.2 Å². The Balaban J connectivity index is 2.84.